The maximum absolute atomic E-state index is 6.46. The van der Waals surface area contributed by atoms with Gasteiger partial charge in [0.15, 0.2) is 0 Å². The molecule has 0 spiro atoms. The molecule has 0 aliphatic carbocycles. The molecule has 2 aromatic heterocycles. The Labute approximate surface area is 217 Å². The van der Waals surface area contributed by atoms with Gasteiger partial charge in [-0.15, -0.1) is 0 Å². The van der Waals surface area contributed by atoms with Crippen molar-refractivity contribution in [3.05, 3.63) is 127 Å². The van der Waals surface area contributed by atoms with Crippen LogP contribution in [0.4, 0.5) is 0 Å². The minimum absolute atomic E-state index is 0.911. The molecule has 0 fully saturated rings. The van der Waals surface area contributed by atoms with Crippen molar-refractivity contribution in [2.75, 3.05) is 0 Å². The third-order valence-corrected chi connectivity index (χ3v) is 8.16. The number of aromatic nitrogens is 1. The molecule has 0 amide bonds. The first kappa shape index (κ1) is 20.0. The zero-order chi connectivity index (χ0) is 24.8. The van der Waals surface area contributed by atoms with Gasteiger partial charge >= 0.3 is 0 Å². The molecule has 9 aromatic rings. The molecular formula is C36H21NO. The van der Waals surface area contributed by atoms with Gasteiger partial charge in [0.2, 0.25) is 0 Å². The number of rotatable bonds is 1. The van der Waals surface area contributed by atoms with Crippen molar-refractivity contribution in [2.45, 2.75) is 0 Å². The molecule has 7 aromatic carbocycles. The molecule has 2 nitrogen and oxygen atoms in total. The second-order valence-corrected chi connectivity index (χ2v) is 10.1. The molecule has 0 saturated heterocycles. The van der Waals surface area contributed by atoms with Gasteiger partial charge in [-0.3, -0.25) is 0 Å². The smallest absolute Gasteiger partial charge is 0.136 e. The Morgan fingerprint density at radius 1 is 0.342 bits per heavy atom. The monoisotopic (exact) mass is 483 g/mol. The maximum Gasteiger partial charge on any atom is 0.136 e. The van der Waals surface area contributed by atoms with Crippen LogP contribution in [-0.4, -0.2) is 4.57 Å². The van der Waals surface area contributed by atoms with E-state index in [1.807, 2.05) is 0 Å². The quantitative estimate of drug-likeness (QED) is 0.212. The molecular weight excluding hydrogens is 462 g/mol. The second kappa shape index (κ2) is 7.24. The SMILES string of the molecule is c1ccc2c(c1)c1ccccc1c1cc3c(cc21)oc1ccc(-n2c4ccccc4c4ccccc42)cc13. The van der Waals surface area contributed by atoms with Crippen molar-refractivity contribution in [1.82, 2.24) is 4.57 Å². The Hall–Kier alpha value is -5.08. The fourth-order valence-corrected chi connectivity index (χ4v) is 6.50. The van der Waals surface area contributed by atoms with Crippen LogP contribution in [0.15, 0.2) is 132 Å². The lowest BCUT2D eigenvalue weighted by Gasteiger charge is -2.10. The minimum atomic E-state index is 0.911. The average Bonchev–Trinajstić information content (AvgIpc) is 3.51. The Balaban J connectivity index is 1.40. The highest BCUT2D eigenvalue weighted by molar-refractivity contribution is 6.28. The largest absolute Gasteiger partial charge is 0.456 e. The second-order valence-electron chi connectivity index (χ2n) is 10.1. The molecule has 0 radical (unpaired) electrons. The number of hydrogen-bond acceptors (Lipinski definition) is 1. The standard InChI is InChI=1S/C36H21NO/c1-3-11-25-23(9-1)24-10-2-4-12-26(24)30-21-36-32(20-29(25)30)31-19-22(17-18-35(31)38-36)37-33-15-7-5-13-27(33)28-14-6-8-16-34(28)37/h1-21H. The number of hydrogen-bond donors (Lipinski definition) is 0. The van der Waals surface area contributed by atoms with Gasteiger partial charge in [-0.2, -0.15) is 0 Å². The van der Waals surface area contributed by atoms with E-state index in [1.54, 1.807) is 0 Å². The average molecular weight is 484 g/mol. The van der Waals surface area contributed by atoms with Crippen LogP contribution in [0.5, 0.6) is 0 Å². The third-order valence-electron chi connectivity index (χ3n) is 8.16. The predicted molar refractivity (Wildman–Crippen MR) is 161 cm³/mol. The topological polar surface area (TPSA) is 18.1 Å². The Kier molecular flexibility index (Phi) is 3.82. The molecule has 0 unspecified atom stereocenters. The van der Waals surface area contributed by atoms with Crippen LogP contribution in [0, 0.1) is 0 Å². The van der Waals surface area contributed by atoms with E-state index < -0.39 is 0 Å². The number of furan rings is 1. The summed E-state index contributed by atoms with van der Waals surface area (Å²) in [6.07, 6.45) is 0. The summed E-state index contributed by atoms with van der Waals surface area (Å²) >= 11 is 0. The number of nitrogens with zero attached hydrogens (tertiary/aromatic N) is 1. The summed E-state index contributed by atoms with van der Waals surface area (Å²) in [5, 5.41) is 12.4. The Morgan fingerprint density at radius 3 is 1.42 bits per heavy atom. The molecule has 2 heteroatoms. The molecule has 0 bridgehead atoms. The lowest BCUT2D eigenvalue weighted by Crippen LogP contribution is -1.93. The molecule has 0 saturated carbocycles. The molecule has 38 heavy (non-hydrogen) atoms. The third kappa shape index (κ3) is 2.56. The minimum Gasteiger partial charge on any atom is -0.456 e. The molecule has 0 atom stereocenters. The summed E-state index contributed by atoms with van der Waals surface area (Å²) in [6.45, 7) is 0. The first-order valence-electron chi connectivity index (χ1n) is 13.0. The highest BCUT2D eigenvalue weighted by atomic mass is 16.3. The lowest BCUT2D eigenvalue weighted by molar-refractivity contribution is 0.669. The van der Waals surface area contributed by atoms with Gasteiger partial charge in [-0.25, -0.2) is 0 Å². The van der Waals surface area contributed by atoms with Crippen molar-refractivity contribution in [2.24, 2.45) is 0 Å². The number of para-hydroxylation sites is 2. The van der Waals surface area contributed by atoms with E-state index in [-0.39, 0.29) is 0 Å². The predicted octanol–water partition coefficient (Wildman–Crippen LogP) is 10.1. The molecule has 176 valence electrons. The molecule has 0 N–H and O–H groups in total. The van der Waals surface area contributed by atoms with Crippen LogP contribution in [-0.2, 0) is 0 Å². The van der Waals surface area contributed by atoms with Crippen molar-refractivity contribution in [3.63, 3.8) is 0 Å². The van der Waals surface area contributed by atoms with E-state index in [2.05, 4.69) is 132 Å². The summed E-state index contributed by atoms with van der Waals surface area (Å²) in [4.78, 5) is 0. The van der Waals surface area contributed by atoms with Crippen molar-refractivity contribution < 1.29 is 4.42 Å². The number of benzene rings is 7. The van der Waals surface area contributed by atoms with E-state index >= 15 is 0 Å². The van der Waals surface area contributed by atoms with E-state index in [4.69, 9.17) is 4.42 Å². The normalized spacial score (nSPS) is 12.2. The van der Waals surface area contributed by atoms with E-state index in [9.17, 15) is 0 Å². The van der Waals surface area contributed by atoms with Crippen LogP contribution >= 0.6 is 0 Å². The summed E-state index contributed by atoms with van der Waals surface area (Å²) in [5.74, 6) is 0. The van der Waals surface area contributed by atoms with Crippen LogP contribution in [0.2, 0.25) is 0 Å². The van der Waals surface area contributed by atoms with Gasteiger partial charge in [0.1, 0.15) is 11.2 Å². The first-order chi connectivity index (χ1) is 18.8. The highest BCUT2D eigenvalue weighted by Crippen LogP contribution is 2.41. The van der Waals surface area contributed by atoms with Crippen LogP contribution in [0.3, 0.4) is 0 Å². The zero-order valence-electron chi connectivity index (χ0n) is 20.5. The fourth-order valence-electron chi connectivity index (χ4n) is 6.50. The van der Waals surface area contributed by atoms with Gasteiger partial charge in [0.05, 0.1) is 11.0 Å². The lowest BCUT2D eigenvalue weighted by atomic mass is 9.93. The van der Waals surface area contributed by atoms with Gasteiger partial charge < -0.3 is 8.98 Å². The number of fused-ring (bicyclic) bond motifs is 12. The van der Waals surface area contributed by atoms with Crippen LogP contribution in [0.25, 0.3) is 81.7 Å². The summed E-state index contributed by atoms with van der Waals surface area (Å²) in [7, 11) is 0. The first-order valence-corrected chi connectivity index (χ1v) is 13.0. The summed E-state index contributed by atoms with van der Waals surface area (Å²) in [6, 6.07) is 45.9. The summed E-state index contributed by atoms with van der Waals surface area (Å²) < 4.78 is 8.83. The Morgan fingerprint density at radius 2 is 0.816 bits per heavy atom. The Bertz CT molecular complexity index is 2350. The molecule has 0 aliphatic heterocycles. The van der Waals surface area contributed by atoms with Crippen molar-refractivity contribution in [1.29, 1.82) is 0 Å². The van der Waals surface area contributed by atoms with Crippen LogP contribution < -0.4 is 0 Å². The van der Waals surface area contributed by atoms with Crippen molar-refractivity contribution >= 4 is 76.1 Å². The van der Waals surface area contributed by atoms with E-state index in [0.29, 0.717) is 0 Å². The van der Waals surface area contributed by atoms with Gasteiger partial charge in [0.25, 0.3) is 0 Å². The molecule has 2 heterocycles. The van der Waals surface area contributed by atoms with Crippen molar-refractivity contribution in [3.8, 4) is 5.69 Å². The zero-order valence-corrected chi connectivity index (χ0v) is 20.5. The molecule has 0 aliphatic rings. The van der Waals surface area contributed by atoms with E-state index in [0.717, 1.165) is 27.6 Å². The summed E-state index contributed by atoms with van der Waals surface area (Å²) in [5.41, 5.74) is 5.40. The highest BCUT2D eigenvalue weighted by Gasteiger charge is 2.16. The molecule has 9 rings (SSSR count). The fraction of sp³-hybridized carbons (Fsp3) is 0. The maximum atomic E-state index is 6.46. The van der Waals surface area contributed by atoms with Gasteiger partial charge in [0, 0.05) is 27.2 Å². The van der Waals surface area contributed by atoms with E-state index in [1.165, 1.54) is 54.1 Å². The van der Waals surface area contributed by atoms with Gasteiger partial charge in [-0.05, 0) is 74.8 Å². The van der Waals surface area contributed by atoms with Crippen LogP contribution in [0.1, 0.15) is 0 Å². The van der Waals surface area contributed by atoms with Gasteiger partial charge in [-0.1, -0.05) is 84.9 Å².